The number of carbonyl (C=O) groups is 2. The summed E-state index contributed by atoms with van der Waals surface area (Å²) in [6.07, 6.45) is -2.52. The average molecular weight is 449 g/mol. The van der Waals surface area contributed by atoms with E-state index in [0.29, 0.717) is 11.5 Å². The van der Waals surface area contributed by atoms with Gasteiger partial charge in [0.25, 0.3) is 5.91 Å². The number of nitrogens with zero attached hydrogens (tertiary/aromatic N) is 3. The Morgan fingerprint density at radius 2 is 1.78 bits per heavy atom. The number of piperidine rings is 1. The molecule has 1 saturated heterocycles. The number of H-pyrrole nitrogens is 1. The number of likely N-dealkylation sites (tertiary alicyclic amines) is 1. The van der Waals surface area contributed by atoms with E-state index < -0.39 is 23.2 Å². The molecule has 1 fully saturated rings. The van der Waals surface area contributed by atoms with Crippen molar-refractivity contribution in [1.29, 1.82) is 0 Å². The molecule has 0 atom stereocenters. The van der Waals surface area contributed by atoms with Crippen LogP contribution in [0.5, 0.6) is 0 Å². The van der Waals surface area contributed by atoms with Crippen LogP contribution >= 0.6 is 0 Å². The van der Waals surface area contributed by atoms with Gasteiger partial charge in [-0.3, -0.25) is 9.89 Å². The van der Waals surface area contributed by atoms with E-state index >= 15 is 0 Å². The summed E-state index contributed by atoms with van der Waals surface area (Å²) in [5, 5.41) is 9.78. The summed E-state index contributed by atoms with van der Waals surface area (Å²) >= 11 is 0. The molecule has 1 aromatic carbocycles. The summed E-state index contributed by atoms with van der Waals surface area (Å²) in [7, 11) is 0. The lowest BCUT2D eigenvalue weighted by molar-refractivity contribution is -0.137. The first-order valence-electron chi connectivity index (χ1n) is 10.6. The summed E-state index contributed by atoms with van der Waals surface area (Å²) in [5.41, 5.74) is 0.0628. The predicted molar refractivity (Wildman–Crippen MR) is 112 cm³/mol. The number of nitrogens with one attached hydrogen (secondary N) is 2. The van der Waals surface area contributed by atoms with Crippen LogP contribution in [0.4, 0.5) is 23.8 Å². The van der Waals surface area contributed by atoms with Crippen molar-refractivity contribution in [2.24, 2.45) is 5.92 Å². The minimum Gasteiger partial charge on any atom is -0.325 e. The molecule has 3 heterocycles. The molecular weight excluding hydrogens is 423 g/mol. The standard InChI is InChI=1S/C22H26F3N5O2/c1-13-8-10-29(11-9-13)20(32)30-12-16-17(21(30,2)3)27-28-18(16)26-19(31)14-4-6-15(7-5-14)22(23,24)25/h4-7,13H,8-12H2,1-3H3,(H2,26,27,28,31). The van der Waals surface area contributed by atoms with Crippen LogP contribution in [0, 0.1) is 5.92 Å². The number of hydrogen-bond acceptors (Lipinski definition) is 3. The minimum atomic E-state index is -4.47. The van der Waals surface area contributed by atoms with Crippen LogP contribution in [-0.4, -0.2) is 45.0 Å². The molecule has 2 aliphatic rings. The van der Waals surface area contributed by atoms with Gasteiger partial charge in [-0.15, -0.1) is 0 Å². The van der Waals surface area contributed by atoms with E-state index in [2.05, 4.69) is 22.4 Å². The van der Waals surface area contributed by atoms with Gasteiger partial charge in [0.1, 0.15) is 0 Å². The maximum absolute atomic E-state index is 13.2. The molecule has 7 nitrogen and oxygen atoms in total. The molecule has 1 aromatic heterocycles. The van der Waals surface area contributed by atoms with Gasteiger partial charge in [-0.1, -0.05) is 6.92 Å². The van der Waals surface area contributed by atoms with Gasteiger partial charge in [-0.05, 0) is 56.9 Å². The van der Waals surface area contributed by atoms with E-state index in [-0.39, 0.29) is 24.0 Å². The number of fused-ring (bicyclic) bond motifs is 1. The Labute approximate surface area is 184 Å². The molecule has 2 aromatic rings. The van der Waals surface area contributed by atoms with Gasteiger partial charge in [-0.2, -0.15) is 18.3 Å². The summed E-state index contributed by atoms with van der Waals surface area (Å²) in [6.45, 7) is 7.74. The quantitative estimate of drug-likeness (QED) is 0.704. The third-order valence-electron chi connectivity index (χ3n) is 6.46. The van der Waals surface area contributed by atoms with Crippen LogP contribution in [0.3, 0.4) is 0 Å². The summed E-state index contributed by atoms with van der Waals surface area (Å²) in [5.74, 6) is 0.316. The molecule has 32 heavy (non-hydrogen) atoms. The number of benzene rings is 1. The van der Waals surface area contributed by atoms with Crippen LogP contribution in [-0.2, 0) is 18.3 Å². The molecule has 0 aliphatic carbocycles. The third kappa shape index (κ3) is 3.93. The highest BCUT2D eigenvalue weighted by Crippen LogP contribution is 2.41. The molecule has 4 rings (SSSR count). The van der Waals surface area contributed by atoms with Gasteiger partial charge in [0.15, 0.2) is 5.82 Å². The SMILES string of the molecule is CC1CCN(C(=O)N2Cc3c(NC(=O)c4ccc(C(F)(F)F)cc4)n[nH]c3C2(C)C)CC1. The lowest BCUT2D eigenvalue weighted by Gasteiger charge is -2.38. The van der Waals surface area contributed by atoms with Crippen molar-refractivity contribution in [3.8, 4) is 0 Å². The number of aromatic amines is 1. The van der Waals surface area contributed by atoms with Crippen LogP contribution in [0.25, 0.3) is 0 Å². The van der Waals surface area contributed by atoms with Crippen molar-refractivity contribution >= 4 is 17.8 Å². The highest BCUT2D eigenvalue weighted by atomic mass is 19.4. The molecule has 0 saturated carbocycles. The van der Waals surface area contributed by atoms with Gasteiger partial charge in [0.2, 0.25) is 0 Å². The number of rotatable bonds is 2. The molecule has 2 N–H and O–H groups in total. The highest BCUT2D eigenvalue weighted by Gasteiger charge is 2.45. The van der Waals surface area contributed by atoms with E-state index in [1.165, 1.54) is 0 Å². The Morgan fingerprint density at radius 3 is 2.38 bits per heavy atom. The van der Waals surface area contributed by atoms with Gasteiger partial charge >= 0.3 is 12.2 Å². The average Bonchev–Trinajstić information content (AvgIpc) is 3.25. The number of halogens is 3. The summed E-state index contributed by atoms with van der Waals surface area (Å²) in [6, 6.07) is 3.94. The first-order chi connectivity index (χ1) is 15.0. The number of alkyl halides is 3. The lowest BCUT2D eigenvalue weighted by atomic mass is 9.99. The summed E-state index contributed by atoms with van der Waals surface area (Å²) in [4.78, 5) is 29.4. The first kappa shape index (κ1) is 22.2. The largest absolute Gasteiger partial charge is 0.416 e. The van der Waals surface area contributed by atoms with Crippen molar-refractivity contribution in [3.05, 3.63) is 46.6 Å². The van der Waals surface area contributed by atoms with Gasteiger partial charge < -0.3 is 15.1 Å². The number of aromatic nitrogens is 2. The fraction of sp³-hybridized carbons (Fsp3) is 0.500. The topological polar surface area (TPSA) is 81.3 Å². The molecule has 0 bridgehead atoms. The van der Waals surface area contributed by atoms with E-state index in [1.54, 1.807) is 4.90 Å². The zero-order chi connectivity index (χ0) is 23.3. The van der Waals surface area contributed by atoms with Crippen LogP contribution in [0.15, 0.2) is 24.3 Å². The van der Waals surface area contributed by atoms with Crippen molar-refractivity contribution in [1.82, 2.24) is 20.0 Å². The fourth-order valence-corrected chi connectivity index (χ4v) is 4.29. The number of hydrogen-bond donors (Lipinski definition) is 2. The first-order valence-corrected chi connectivity index (χ1v) is 10.6. The number of anilines is 1. The van der Waals surface area contributed by atoms with Crippen LogP contribution < -0.4 is 5.32 Å². The van der Waals surface area contributed by atoms with Crippen molar-refractivity contribution in [2.75, 3.05) is 18.4 Å². The summed E-state index contributed by atoms with van der Waals surface area (Å²) < 4.78 is 38.3. The Kier molecular flexibility index (Phi) is 5.42. The fourth-order valence-electron chi connectivity index (χ4n) is 4.29. The zero-order valence-corrected chi connectivity index (χ0v) is 18.2. The molecule has 0 spiro atoms. The maximum Gasteiger partial charge on any atom is 0.416 e. The second-order valence-corrected chi connectivity index (χ2v) is 9.05. The molecular formula is C22H26F3N5O2. The van der Waals surface area contributed by atoms with Crippen LogP contribution in [0.1, 0.15) is 60.8 Å². The molecule has 0 unspecified atom stereocenters. The third-order valence-corrected chi connectivity index (χ3v) is 6.46. The zero-order valence-electron chi connectivity index (χ0n) is 18.2. The van der Waals surface area contributed by atoms with Gasteiger partial charge in [0, 0.05) is 24.2 Å². The van der Waals surface area contributed by atoms with Crippen LogP contribution in [0.2, 0.25) is 0 Å². The Morgan fingerprint density at radius 1 is 1.16 bits per heavy atom. The maximum atomic E-state index is 13.2. The van der Waals surface area contributed by atoms with E-state index in [1.807, 2.05) is 18.7 Å². The van der Waals surface area contributed by atoms with E-state index in [0.717, 1.165) is 55.9 Å². The molecule has 3 amide bonds. The number of carbonyl (C=O) groups excluding carboxylic acids is 2. The van der Waals surface area contributed by atoms with Crippen molar-refractivity contribution in [2.45, 2.75) is 51.9 Å². The second kappa shape index (κ2) is 7.83. The van der Waals surface area contributed by atoms with Gasteiger partial charge in [-0.25, -0.2) is 4.79 Å². The minimum absolute atomic E-state index is 0.0495. The lowest BCUT2D eigenvalue weighted by Crippen LogP contribution is -2.50. The number of amides is 3. The Hall–Kier alpha value is -3.04. The molecule has 172 valence electrons. The highest BCUT2D eigenvalue weighted by molar-refractivity contribution is 6.04. The van der Waals surface area contributed by atoms with Gasteiger partial charge in [0.05, 0.1) is 23.3 Å². The monoisotopic (exact) mass is 449 g/mol. The van der Waals surface area contributed by atoms with Crippen molar-refractivity contribution in [3.63, 3.8) is 0 Å². The van der Waals surface area contributed by atoms with E-state index in [9.17, 15) is 22.8 Å². The Balaban J connectivity index is 1.50. The molecule has 2 aliphatic heterocycles. The predicted octanol–water partition coefficient (Wildman–Crippen LogP) is 4.58. The smallest absolute Gasteiger partial charge is 0.325 e. The van der Waals surface area contributed by atoms with E-state index in [4.69, 9.17) is 0 Å². The Bertz CT molecular complexity index is 1020. The molecule has 0 radical (unpaired) electrons. The number of urea groups is 1. The second-order valence-electron chi connectivity index (χ2n) is 9.05. The normalized spacial score (nSPS) is 18.6. The van der Waals surface area contributed by atoms with Crippen molar-refractivity contribution < 1.29 is 22.8 Å². The molecule has 10 heteroatoms.